The number of likely N-dealkylation sites (N-methyl/N-ethyl adjacent to an activating group) is 1. The number of nitrogens with zero attached hydrogens (tertiary/aromatic N) is 1. The SMILES string of the molecule is CC(C)C[C@@H](NC(=O)CN(C)C(=O)c1ccco1)C(=O)O. The molecule has 0 saturated heterocycles. The van der Waals surface area contributed by atoms with Gasteiger partial charge >= 0.3 is 5.97 Å². The summed E-state index contributed by atoms with van der Waals surface area (Å²) in [4.78, 5) is 35.9. The maximum atomic E-state index is 11.9. The quantitative estimate of drug-likeness (QED) is 0.781. The van der Waals surface area contributed by atoms with Crippen LogP contribution in [-0.2, 0) is 9.59 Å². The molecular formula is C14H20N2O5. The second kappa shape index (κ2) is 7.47. The lowest BCUT2D eigenvalue weighted by molar-refractivity contribution is -0.142. The molecule has 116 valence electrons. The lowest BCUT2D eigenvalue weighted by Gasteiger charge is -2.19. The maximum absolute atomic E-state index is 11.9. The maximum Gasteiger partial charge on any atom is 0.326 e. The van der Waals surface area contributed by atoms with Crippen molar-refractivity contribution in [3.8, 4) is 0 Å². The first-order chi connectivity index (χ1) is 9.81. The molecule has 2 amide bonds. The van der Waals surface area contributed by atoms with Gasteiger partial charge in [0.2, 0.25) is 5.91 Å². The van der Waals surface area contributed by atoms with Gasteiger partial charge in [0, 0.05) is 7.05 Å². The highest BCUT2D eigenvalue weighted by molar-refractivity contribution is 5.94. The number of carbonyl (C=O) groups excluding carboxylic acids is 2. The third-order valence-corrected chi connectivity index (χ3v) is 2.80. The number of furan rings is 1. The number of rotatable bonds is 7. The predicted molar refractivity (Wildman–Crippen MR) is 74.7 cm³/mol. The average molecular weight is 296 g/mol. The summed E-state index contributed by atoms with van der Waals surface area (Å²) in [6.07, 6.45) is 1.70. The van der Waals surface area contributed by atoms with Gasteiger partial charge in [0.15, 0.2) is 5.76 Å². The van der Waals surface area contributed by atoms with E-state index in [-0.39, 0.29) is 18.2 Å². The van der Waals surface area contributed by atoms with Gasteiger partial charge in [0.05, 0.1) is 12.8 Å². The summed E-state index contributed by atoms with van der Waals surface area (Å²) in [5.74, 6) is -1.79. The number of carboxylic acid groups (broad SMARTS) is 1. The van der Waals surface area contributed by atoms with E-state index in [1.54, 1.807) is 6.07 Å². The lowest BCUT2D eigenvalue weighted by atomic mass is 10.0. The number of nitrogens with one attached hydrogen (secondary N) is 1. The van der Waals surface area contributed by atoms with Crippen LogP contribution in [0.3, 0.4) is 0 Å². The smallest absolute Gasteiger partial charge is 0.326 e. The van der Waals surface area contributed by atoms with Gasteiger partial charge in [-0.1, -0.05) is 13.8 Å². The molecule has 7 heteroatoms. The van der Waals surface area contributed by atoms with Gasteiger partial charge in [-0.05, 0) is 24.5 Å². The topological polar surface area (TPSA) is 99.9 Å². The summed E-state index contributed by atoms with van der Waals surface area (Å²) in [6.45, 7) is 3.50. The minimum absolute atomic E-state index is 0.127. The largest absolute Gasteiger partial charge is 0.480 e. The van der Waals surface area contributed by atoms with Crippen LogP contribution < -0.4 is 5.32 Å². The fourth-order valence-electron chi connectivity index (χ4n) is 1.81. The lowest BCUT2D eigenvalue weighted by Crippen LogP contribution is -2.46. The Morgan fingerprint density at radius 2 is 2.05 bits per heavy atom. The van der Waals surface area contributed by atoms with Crippen LogP contribution in [0.2, 0.25) is 0 Å². The first-order valence-electron chi connectivity index (χ1n) is 6.62. The van der Waals surface area contributed by atoms with Gasteiger partial charge in [-0.15, -0.1) is 0 Å². The molecule has 0 bridgehead atoms. The van der Waals surface area contributed by atoms with Crippen molar-refractivity contribution in [1.82, 2.24) is 10.2 Å². The van der Waals surface area contributed by atoms with Crippen molar-refractivity contribution in [2.75, 3.05) is 13.6 Å². The Labute approximate surface area is 122 Å². The highest BCUT2D eigenvalue weighted by Crippen LogP contribution is 2.06. The zero-order valence-electron chi connectivity index (χ0n) is 12.3. The number of carbonyl (C=O) groups is 3. The first kappa shape index (κ1) is 16.7. The number of carboxylic acids is 1. The van der Waals surface area contributed by atoms with Crippen LogP contribution in [0.5, 0.6) is 0 Å². The molecular weight excluding hydrogens is 276 g/mol. The zero-order valence-corrected chi connectivity index (χ0v) is 12.3. The molecule has 0 radical (unpaired) electrons. The molecule has 0 saturated carbocycles. The number of hydrogen-bond acceptors (Lipinski definition) is 4. The van der Waals surface area contributed by atoms with Crippen molar-refractivity contribution in [1.29, 1.82) is 0 Å². The summed E-state index contributed by atoms with van der Waals surface area (Å²) < 4.78 is 4.95. The van der Waals surface area contributed by atoms with Crippen LogP contribution in [0, 0.1) is 5.92 Å². The van der Waals surface area contributed by atoms with E-state index < -0.39 is 23.8 Å². The second-order valence-electron chi connectivity index (χ2n) is 5.23. The molecule has 1 rings (SSSR count). The molecule has 0 aliphatic heterocycles. The predicted octanol–water partition coefficient (Wildman–Crippen LogP) is 0.967. The molecule has 0 spiro atoms. The Morgan fingerprint density at radius 1 is 1.38 bits per heavy atom. The summed E-state index contributed by atoms with van der Waals surface area (Å²) in [5.41, 5.74) is 0. The molecule has 1 heterocycles. The molecule has 1 aromatic rings. The van der Waals surface area contributed by atoms with Gasteiger partial charge in [-0.3, -0.25) is 9.59 Å². The Morgan fingerprint density at radius 3 is 2.52 bits per heavy atom. The van der Waals surface area contributed by atoms with E-state index in [9.17, 15) is 14.4 Å². The van der Waals surface area contributed by atoms with Crippen LogP contribution in [-0.4, -0.2) is 47.4 Å². The van der Waals surface area contributed by atoms with Crippen molar-refractivity contribution in [3.05, 3.63) is 24.2 Å². The van der Waals surface area contributed by atoms with E-state index in [2.05, 4.69) is 5.32 Å². The Hall–Kier alpha value is -2.31. The summed E-state index contributed by atoms with van der Waals surface area (Å²) in [7, 11) is 1.45. The zero-order chi connectivity index (χ0) is 16.0. The van der Waals surface area contributed by atoms with Crippen molar-refractivity contribution in [3.63, 3.8) is 0 Å². The van der Waals surface area contributed by atoms with Crippen LogP contribution in [0.1, 0.15) is 30.8 Å². The van der Waals surface area contributed by atoms with Crippen LogP contribution in [0.25, 0.3) is 0 Å². The molecule has 0 fully saturated rings. The minimum Gasteiger partial charge on any atom is -0.480 e. The van der Waals surface area contributed by atoms with Crippen molar-refractivity contribution in [2.45, 2.75) is 26.3 Å². The molecule has 7 nitrogen and oxygen atoms in total. The Balaban J connectivity index is 2.55. The Kier molecular flexibility index (Phi) is 5.95. The van der Waals surface area contributed by atoms with E-state index in [0.717, 1.165) is 0 Å². The normalized spacial score (nSPS) is 12.0. The third kappa shape index (κ3) is 5.29. The van der Waals surface area contributed by atoms with Gasteiger partial charge in [0.25, 0.3) is 5.91 Å². The van der Waals surface area contributed by atoms with E-state index in [1.165, 1.54) is 24.3 Å². The van der Waals surface area contributed by atoms with Gasteiger partial charge in [-0.2, -0.15) is 0 Å². The van der Waals surface area contributed by atoms with Crippen LogP contribution in [0.15, 0.2) is 22.8 Å². The van der Waals surface area contributed by atoms with E-state index in [0.29, 0.717) is 6.42 Å². The van der Waals surface area contributed by atoms with Crippen LogP contribution >= 0.6 is 0 Å². The highest BCUT2D eigenvalue weighted by Gasteiger charge is 2.23. The summed E-state index contributed by atoms with van der Waals surface area (Å²) in [5, 5.41) is 11.5. The van der Waals surface area contributed by atoms with Gasteiger partial charge < -0.3 is 19.7 Å². The standard InChI is InChI=1S/C14H20N2O5/c1-9(2)7-10(14(19)20)15-12(17)8-16(3)13(18)11-5-4-6-21-11/h4-6,9-10H,7-8H2,1-3H3,(H,15,17)(H,19,20)/t10-/m1/s1. The Bertz CT molecular complexity index is 495. The van der Waals surface area contributed by atoms with Gasteiger partial charge in [-0.25, -0.2) is 4.79 Å². The van der Waals surface area contributed by atoms with E-state index >= 15 is 0 Å². The fourth-order valence-corrected chi connectivity index (χ4v) is 1.81. The van der Waals surface area contributed by atoms with Gasteiger partial charge in [0.1, 0.15) is 6.04 Å². The molecule has 2 N–H and O–H groups in total. The van der Waals surface area contributed by atoms with Crippen LogP contribution in [0.4, 0.5) is 0 Å². The number of hydrogen-bond donors (Lipinski definition) is 2. The molecule has 0 aliphatic rings. The minimum atomic E-state index is -1.09. The van der Waals surface area contributed by atoms with Crippen molar-refractivity contribution in [2.24, 2.45) is 5.92 Å². The third-order valence-electron chi connectivity index (χ3n) is 2.80. The number of aliphatic carboxylic acids is 1. The second-order valence-corrected chi connectivity index (χ2v) is 5.23. The van der Waals surface area contributed by atoms with Crippen molar-refractivity contribution < 1.29 is 23.9 Å². The van der Waals surface area contributed by atoms with Crippen molar-refractivity contribution >= 4 is 17.8 Å². The fraction of sp³-hybridized carbons (Fsp3) is 0.500. The van der Waals surface area contributed by atoms with E-state index in [4.69, 9.17) is 9.52 Å². The number of amides is 2. The molecule has 0 unspecified atom stereocenters. The van der Waals surface area contributed by atoms with E-state index in [1.807, 2.05) is 13.8 Å². The molecule has 1 aromatic heterocycles. The average Bonchev–Trinajstić information content (AvgIpc) is 2.89. The highest BCUT2D eigenvalue weighted by atomic mass is 16.4. The molecule has 0 aromatic carbocycles. The molecule has 0 aliphatic carbocycles. The molecule has 21 heavy (non-hydrogen) atoms. The first-order valence-corrected chi connectivity index (χ1v) is 6.62. The monoisotopic (exact) mass is 296 g/mol. The summed E-state index contributed by atoms with van der Waals surface area (Å²) in [6, 6.07) is 2.12. The molecule has 1 atom stereocenters. The summed E-state index contributed by atoms with van der Waals surface area (Å²) >= 11 is 0.